The number of hydrogen-bond donors (Lipinski definition) is 3. The highest BCUT2D eigenvalue weighted by molar-refractivity contribution is 7.92. The lowest BCUT2D eigenvalue weighted by Gasteiger charge is -2.15. The van der Waals surface area contributed by atoms with Crippen LogP contribution in [0, 0.1) is 5.82 Å². The monoisotopic (exact) mass is 491 g/mol. The second kappa shape index (κ2) is 10.3. The molecule has 2 amide bonds. The number of rotatable bonds is 7. The number of benzene rings is 4. The minimum absolute atomic E-state index is 0.0153. The third-order valence-corrected chi connectivity index (χ3v) is 6.42. The van der Waals surface area contributed by atoms with Crippen molar-refractivity contribution in [1.29, 1.82) is 0 Å². The molecule has 3 N–H and O–H groups in total. The number of hydrogen-bond acceptors (Lipinski definition) is 4. The van der Waals surface area contributed by atoms with Gasteiger partial charge in [0.05, 0.1) is 17.7 Å². The van der Waals surface area contributed by atoms with E-state index in [0.29, 0.717) is 22.5 Å². The second-order valence-corrected chi connectivity index (χ2v) is 9.18. The summed E-state index contributed by atoms with van der Waals surface area (Å²) < 4.78 is 47.4. The van der Waals surface area contributed by atoms with Crippen molar-refractivity contribution in [3.8, 4) is 16.9 Å². The number of carbonyl (C=O) groups is 1. The number of ether oxygens (including phenoxy) is 1. The number of para-hydroxylation sites is 1. The first kappa shape index (κ1) is 23.8. The summed E-state index contributed by atoms with van der Waals surface area (Å²) in [6.45, 7) is 0. The van der Waals surface area contributed by atoms with Crippen LogP contribution in [0.25, 0.3) is 11.1 Å². The van der Waals surface area contributed by atoms with Gasteiger partial charge in [0.25, 0.3) is 10.0 Å². The number of nitrogens with one attached hydrogen (secondary N) is 3. The van der Waals surface area contributed by atoms with Gasteiger partial charge in [-0.25, -0.2) is 17.6 Å². The molecule has 0 saturated carbocycles. The van der Waals surface area contributed by atoms with Gasteiger partial charge in [-0.2, -0.15) is 0 Å². The lowest BCUT2D eigenvalue weighted by Crippen LogP contribution is -2.19. The maximum atomic E-state index is 13.3. The highest BCUT2D eigenvalue weighted by Crippen LogP contribution is 2.31. The van der Waals surface area contributed by atoms with Crippen LogP contribution in [0.15, 0.2) is 102 Å². The third kappa shape index (κ3) is 5.96. The minimum Gasteiger partial charge on any atom is -0.495 e. The van der Waals surface area contributed by atoms with Gasteiger partial charge in [-0.15, -0.1) is 0 Å². The van der Waals surface area contributed by atoms with Gasteiger partial charge in [0.15, 0.2) is 0 Å². The van der Waals surface area contributed by atoms with E-state index in [0.717, 1.165) is 0 Å². The molecule has 0 aromatic heterocycles. The molecule has 0 aliphatic heterocycles. The van der Waals surface area contributed by atoms with Crippen molar-refractivity contribution >= 4 is 33.1 Å². The van der Waals surface area contributed by atoms with Crippen LogP contribution in [0.1, 0.15) is 0 Å². The number of sulfonamides is 1. The molecule has 9 heteroatoms. The van der Waals surface area contributed by atoms with Gasteiger partial charge in [0.2, 0.25) is 0 Å². The molecule has 4 rings (SSSR count). The first-order valence-electron chi connectivity index (χ1n) is 10.5. The number of anilines is 3. The van der Waals surface area contributed by atoms with Crippen molar-refractivity contribution in [2.45, 2.75) is 4.90 Å². The van der Waals surface area contributed by atoms with Gasteiger partial charge in [-0.1, -0.05) is 42.5 Å². The Bertz CT molecular complexity index is 1440. The first-order chi connectivity index (χ1) is 16.8. The van der Waals surface area contributed by atoms with Gasteiger partial charge in [0.1, 0.15) is 11.6 Å². The van der Waals surface area contributed by atoms with Crippen LogP contribution in [0.3, 0.4) is 0 Å². The van der Waals surface area contributed by atoms with Gasteiger partial charge < -0.3 is 15.4 Å². The molecule has 0 radical (unpaired) electrons. The van der Waals surface area contributed by atoms with Crippen molar-refractivity contribution < 1.29 is 22.3 Å². The second-order valence-electron chi connectivity index (χ2n) is 7.50. The van der Waals surface area contributed by atoms with Crippen molar-refractivity contribution in [1.82, 2.24) is 0 Å². The summed E-state index contributed by atoms with van der Waals surface area (Å²) in [6.07, 6.45) is 0. The summed E-state index contributed by atoms with van der Waals surface area (Å²) in [7, 11) is -2.60. The Morgan fingerprint density at radius 1 is 0.771 bits per heavy atom. The van der Waals surface area contributed by atoms with Crippen LogP contribution >= 0.6 is 0 Å². The predicted molar refractivity (Wildman–Crippen MR) is 135 cm³/mol. The van der Waals surface area contributed by atoms with Crippen molar-refractivity contribution in [3.05, 3.63) is 103 Å². The van der Waals surface area contributed by atoms with Crippen molar-refractivity contribution in [2.24, 2.45) is 0 Å². The molecule has 0 bridgehead atoms. The fourth-order valence-electron chi connectivity index (χ4n) is 3.37. The van der Waals surface area contributed by atoms with Crippen LogP contribution in [-0.4, -0.2) is 21.6 Å². The molecule has 0 saturated heterocycles. The number of methoxy groups -OCH3 is 1. The van der Waals surface area contributed by atoms with E-state index in [2.05, 4.69) is 15.4 Å². The molecule has 7 nitrogen and oxygen atoms in total. The molecule has 4 aromatic rings. The van der Waals surface area contributed by atoms with Crippen LogP contribution in [0.5, 0.6) is 5.75 Å². The van der Waals surface area contributed by atoms with E-state index in [4.69, 9.17) is 4.74 Å². The summed E-state index contributed by atoms with van der Waals surface area (Å²) in [5, 5.41) is 5.37. The zero-order chi connectivity index (χ0) is 24.8. The zero-order valence-electron chi connectivity index (χ0n) is 18.7. The van der Waals surface area contributed by atoms with Crippen LogP contribution in [0.4, 0.5) is 26.2 Å². The topological polar surface area (TPSA) is 96.5 Å². The minimum atomic E-state index is -4.01. The van der Waals surface area contributed by atoms with Gasteiger partial charge in [-0.3, -0.25) is 4.72 Å². The maximum Gasteiger partial charge on any atom is 0.323 e. The van der Waals surface area contributed by atoms with E-state index in [9.17, 15) is 17.6 Å². The average molecular weight is 492 g/mol. The van der Waals surface area contributed by atoms with E-state index in [1.807, 2.05) is 6.07 Å². The Hall–Kier alpha value is -4.37. The Balaban J connectivity index is 1.56. The largest absolute Gasteiger partial charge is 0.495 e. The molecule has 0 unspecified atom stereocenters. The third-order valence-electron chi connectivity index (χ3n) is 5.06. The lowest BCUT2D eigenvalue weighted by atomic mass is 10.1. The molecular weight excluding hydrogens is 469 g/mol. The van der Waals surface area contributed by atoms with Gasteiger partial charge >= 0.3 is 6.03 Å². The summed E-state index contributed by atoms with van der Waals surface area (Å²) in [5.41, 5.74) is 2.42. The summed E-state index contributed by atoms with van der Waals surface area (Å²) in [4.78, 5) is 12.3. The first-order valence-corrected chi connectivity index (χ1v) is 12.0. The fourth-order valence-corrected chi connectivity index (χ4v) is 4.48. The fraction of sp³-hybridized carbons (Fsp3) is 0.0385. The Kier molecular flexibility index (Phi) is 6.98. The van der Waals surface area contributed by atoms with E-state index in [-0.39, 0.29) is 22.1 Å². The molecule has 0 aliphatic rings. The number of carbonyl (C=O) groups excluding carboxylic acids is 1. The van der Waals surface area contributed by atoms with E-state index >= 15 is 0 Å². The molecule has 4 aromatic carbocycles. The van der Waals surface area contributed by atoms with Crippen molar-refractivity contribution in [2.75, 3.05) is 22.5 Å². The van der Waals surface area contributed by atoms with E-state index < -0.39 is 16.1 Å². The van der Waals surface area contributed by atoms with E-state index in [1.165, 1.54) is 37.4 Å². The lowest BCUT2D eigenvalue weighted by molar-refractivity contribution is 0.262. The maximum absolute atomic E-state index is 13.3. The molecule has 0 aliphatic carbocycles. The van der Waals surface area contributed by atoms with Crippen LogP contribution < -0.4 is 20.1 Å². The SMILES string of the molecule is COc1ccc(NC(=O)Nc2ccccc2)cc1NS(=O)(=O)c1cccc(-c2ccc(F)cc2)c1. The number of halogens is 1. The quantitative estimate of drug-likeness (QED) is 0.298. The number of urea groups is 1. The predicted octanol–water partition coefficient (Wildman–Crippen LogP) is 5.95. The highest BCUT2D eigenvalue weighted by Gasteiger charge is 2.18. The summed E-state index contributed by atoms with van der Waals surface area (Å²) in [5.74, 6) is -0.102. The number of amides is 2. The molecule has 178 valence electrons. The van der Waals surface area contributed by atoms with Crippen molar-refractivity contribution in [3.63, 3.8) is 0 Å². The molecule has 0 atom stereocenters. The summed E-state index contributed by atoms with van der Waals surface area (Å²) in [6, 6.07) is 25.1. The zero-order valence-corrected chi connectivity index (χ0v) is 19.5. The van der Waals surface area contributed by atoms with Gasteiger partial charge in [0, 0.05) is 11.4 Å². The highest BCUT2D eigenvalue weighted by atomic mass is 32.2. The summed E-state index contributed by atoms with van der Waals surface area (Å²) >= 11 is 0. The molecule has 35 heavy (non-hydrogen) atoms. The molecular formula is C26H22FN3O4S. The standard InChI is InChI=1S/C26H22FN3O4S/c1-34-25-15-14-22(29-26(31)28-21-7-3-2-4-8-21)17-24(25)30-35(32,33)23-9-5-6-19(16-23)18-10-12-20(27)13-11-18/h2-17,30H,1H3,(H2,28,29,31). The average Bonchev–Trinajstić information content (AvgIpc) is 2.85. The van der Waals surface area contributed by atoms with Crippen LogP contribution in [0.2, 0.25) is 0 Å². The normalized spacial score (nSPS) is 10.9. The Morgan fingerprint density at radius 3 is 2.20 bits per heavy atom. The Morgan fingerprint density at radius 2 is 1.49 bits per heavy atom. The van der Waals surface area contributed by atoms with Crippen LogP contribution in [-0.2, 0) is 10.0 Å². The Labute approximate surface area is 202 Å². The smallest absolute Gasteiger partial charge is 0.323 e. The molecule has 0 heterocycles. The van der Waals surface area contributed by atoms with E-state index in [1.54, 1.807) is 60.7 Å². The molecule has 0 spiro atoms. The van der Waals surface area contributed by atoms with Gasteiger partial charge in [-0.05, 0) is 65.7 Å². The molecule has 0 fully saturated rings.